The van der Waals surface area contributed by atoms with Gasteiger partial charge in [-0.3, -0.25) is 14.5 Å². The van der Waals surface area contributed by atoms with Gasteiger partial charge in [-0.2, -0.15) is 0 Å². The molecule has 3 atom stereocenters. The summed E-state index contributed by atoms with van der Waals surface area (Å²) < 4.78 is 5.67. The second-order valence-electron chi connectivity index (χ2n) is 7.41. The number of amides is 2. The molecule has 6 nitrogen and oxygen atoms in total. The van der Waals surface area contributed by atoms with Crippen LogP contribution in [0.5, 0.6) is 0 Å². The number of fused-ring (bicyclic) bond motifs is 4. The van der Waals surface area contributed by atoms with Crippen LogP contribution in [0.3, 0.4) is 0 Å². The van der Waals surface area contributed by atoms with Crippen molar-refractivity contribution in [3.63, 3.8) is 0 Å². The van der Waals surface area contributed by atoms with Crippen molar-refractivity contribution in [2.75, 3.05) is 26.7 Å². The van der Waals surface area contributed by atoms with Crippen LogP contribution in [-0.4, -0.2) is 54.3 Å². The number of furan rings is 1. The highest BCUT2D eigenvalue weighted by molar-refractivity contribution is 5.91. The number of piperidine rings is 3. The fraction of sp³-hybridized carbons (Fsp3) is 0.667. The maximum Gasteiger partial charge on any atom is 0.286 e. The molecule has 6 heteroatoms. The molecule has 1 N–H and O–H groups in total. The van der Waals surface area contributed by atoms with E-state index in [2.05, 4.69) is 15.1 Å². The van der Waals surface area contributed by atoms with Gasteiger partial charge in [0.15, 0.2) is 5.76 Å². The largest absolute Gasteiger partial charge is 0.455 e. The molecule has 1 aromatic heterocycles. The van der Waals surface area contributed by atoms with Gasteiger partial charge in [0, 0.05) is 39.1 Å². The average molecular weight is 331 g/mol. The Morgan fingerprint density at radius 2 is 2.21 bits per heavy atom. The lowest BCUT2D eigenvalue weighted by Crippen LogP contribution is -2.60. The molecule has 0 aromatic carbocycles. The molecule has 0 unspecified atom stereocenters. The highest BCUT2D eigenvalue weighted by atomic mass is 16.4. The van der Waals surface area contributed by atoms with Gasteiger partial charge in [0.05, 0.1) is 6.54 Å². The molecule has 24 heavy (non-hydrogen) atoms. The predicted octanol–water partition coefficient (Wildman–Crippen LogP) is 1.47. The Hall–Kier alpha value is -1.82. The van der Waals surface area contributed by atoms with Crippen molar-refractivity contribution in [2.45, 2.75) is 38.3 Å². The number of carbonyl (C=O) groups excluding carboxylic acids is 2. The lowest BCUT2D eigenvalue weighted by Gasteiger charge is -2.52. The summed E-state index contributed by atoms with van der Waals surface area (Å²) in [6.07, 6.45) is 4.16. The molecule has 130 valence electrons. The zero-order chi connectivity index (χ0) is 16.7. The van der Waals surface area contributed by atoms with Crippen LogP contribution in [0.2, 0.25) is 0 Å². The van der Waals surface area contributed by atoms with Crippen LogP contribution in [0.4, 0.5) is 0 Å². The van der Waals surface area contributed by atoms with Crippen LogP contribution in [-0.2, 0) is 11.3 Å². The van der Waals surface area contributed by atoms with Gasteiger partial charge in [0.2, 0.25) is 5.91 Å². The molecule has 0 aliphatic carbocycles. The van der Waals surface area contributed by atoms with Crippen LogP contribution >= 0.6 is 0 Å². The predicted molar refractivity (Wildman–Crippen MR) is 88.3 cm³/mol. The number of hydrogen-bond donors (Lipinski definition) is 1. The van der Waals surface area contributed by atoms with Gasteiger partial charge in [-0.15, -0.1) is 0 Å². The monoisotopic (exact) mass is 331 g/mol. The summed E-state index contributed by atoms with van der Waals surface area (Å²) >= 11 is 0. The van der Waals surface area contributed by atoms with E-state index in [1.807, 2.05) is 6.07 Å². The summed E-state index contributed by atoms with van der Waals surface area (Å²) in [6.45, 7) is 3.67. The van der Waals surface area contributed by atoms with E-state index in [1.54, 1.807) is 13.1 Å². The van der Waals surface area contributed by atoms with Crippen LogP contribution < -0.4 is 5.32 Å². The van der Waals surface area contributed by atoms with E-state index >= 15 is 0 Å². The number of rotatable bonds is 3. The van der Waals surface area contributed by atoms with Crippen molar-refractivity contribution >= 4 is 11.8 Å². The van der Waals surface area contributed by atoms with Crippen molar-refractivity contribution in [1.82, 2.24) is 15.1 Å². The first kappa shape index (κ1) is 15.7. The van der Waals surface area contributed by atoms with Gasteiger partial charge < -0.3 is 14.6 Å². The molecule has 0 radical (unpaired) electrons. The molecule has 4 heterocycles. The van der Waals surface area contributed by atoms with Crippen LogP contribution in [0, 0.1) is 11.8 Å². The summed E-state index contributed by atoms with van der Waals surface area (Å²) in [4.78, 5) is 28.4. The summed E-state index contributed by atoms with van der Waals surface area (Å²) in [7, 11) is 1.60. The Kier molecular flexibility index (Phi) is 4.08. The summed E-state index contributed by atoms with van der Waals surface area (Å²) in [5, 5.41) is 2.58. The number of nitrogens with zero attached hydrogens (tertiary/aromatic N) is 2. The minimum absolute atomic E-state index is 0.187. The maximum absolute atomic E-state index is 12.2. The highest BCUT2D eigenvalue weighted by Gasteiger charge is 2.43. The number of likely N-dealkylation sites (tertiary alicyclic amines) is 1. The molecule has 2 bridgehead atoms. The lowest BCUT2D eigenvalue weighted by atomic mass is 9.76. The van der Waals surface area contributed by atoms with E-state index in [1.165, 1.54) is 6.42 Å². The van der Waals surface area contributed by atoms with Crippen molar-refractivity contribution < 1.29 is 14.0 Å². The van der Waals surface area contributed by atoms with Gasteiger partial charge in [-0.1, -0.05) is 0 Å². The maximum atomic E-state index is 12.2. The van der Waals surface area contributed by atoms with E-state index in [0.29, 0.717) is 29.5 Å². The van der Waals surface area contributed by atoms with Crippen LogP contribution in [0.15, 0.2) is 16.5 Å². The van der Waals surface area contributed by atoms with Gasteiger partial charge >= 0.3 is 0 Å². The molecular formula is C18H25N3O3. The third-order valence-electron chi connectivity index (χ3n) is 5.75. The van der Waals surface area contributed by atoms with Crippen molar-refractivity contribution in [1.29, 1.82) is 0 Å². The molecule has 4 rings (SSSR count). The Morgan fingerprint density at radius 1 is 1.33 bits per heavy atom. The third-order valence-corrected chi connectivity index (χ3v) is 5.75. The number of hydrogen-bond acceptors (Lipinski definition) is 4. The zero-order valence-corrected chi connectivity index (χ0v) is 14.2. The smallest absolute Gasteiger partial charge is 0.286 e. The molecule has 0 spiro atoms. The van der Waals surface area contributed by atoms with Gasteiger partial charge in [-0.25, -0.2) is 0 Å². The van der Waals surface area contributed by atoms with Gasteiger partial charge in [0.25, 0.3) is 5.91 Å². The Bertz CT molecular complexity index is 641. The molecule has 1 aromatic rings. The van der Waals surface area contributed by atoms with Crippen molar-refractivity contribution in [3.8, 4) is 0 Å². The summed E-state index contributed by atoms with van der Waals surface area (Å²) in [5.41, 5.74) is 0. The molecule has 3 aliphatic heterocycles. The molecule has 2 amide bonds. The van der Waals surface area contributed by atoms with E-state index in [0.717, 1.165) is 51.2 Å². The van der Waals surface area contributed by atoms with Crippen molar-refractivity contribution in [3.05, 3.63) is 23.7 Å². The first-order valence-corrected chi connectivity index (χ1v) is 8.96. The number of carbonyl (C=O) groups is 2. The minimum atomic E-state index is -0.187. The Morgan fingerprint density at radius 3 is 3.04 bits per heavy atom. The van der Waals surface area contributed by atoms with Crippen LogP contribution in [0.1, 0.15) is 42.0 Å². The molecule has 0 saturated carbocycles. The van der Waals surface area contributed by atoms with E-state index in [4.69, 9.17) is 4.42 Å². The molecule has 3 aliphatic rings. The van der Waals surface area contributed by atoms with E-state index < -0.39 is 0 Å². The zero-order valence-electron chi connectivity index (χ0n) is 14.2. The van der Waals surface area contributed by atoms with E-state index in [-0.39, 0.29) is 5.91 Å². The molecular weight excluding hydrogens is 306 g/mol. The standard InChI is InChI=1S/C18H25N3O3/c1-19-18(23)16-6-5-14(24-16)11-20-8-12-7-13(10-20)15-3-2-4-17(22)21(15)9-12/h5-6,12-13,15H,2-4,7-11H2,1H3,(H,19,23)/t12-,13+,15-/m0/s1. The summed E-state index contributed by atoms with van der Waals surface area (Å²) in [5.74, 6) is 2.52. The average Bonchev–Trinajstić information content (AvgIpc) is 3.03. The summed E-state index contributed by atoms with van der Waals surface area (Å²) in [6, 6.07) is 4.06. The fourth-order valence-electron chi connectivity index (χ4n) is 4.77. The van der Waals surface area contributed by atoms with Gasteiger partial charge in [-0.05, 0) is 43.2 Å². The number of nitrogens with one attached hydrogen (secondary N) is 1. The topological polar surface area (TPSA) is 65.8 Å². The lowest BCUT2D eigenvalue weighted by molar-refractivity contribution is -0.145. The van der Waals surface area contributed by atoms with Crippen LogP contribution in [0.25, 0.3) is 0 Å². The highest BCUT2D eigenvalue weighted by Crippen LogP contribution is 2.38. The first-order chi connectivity index (χ1) is 11.6. The molecule has 3 saturated heterocycles. The Balaban J connectivity index is 1.43. The normalized spacial score (nSPS) is 30.1. The quantitative estimate of drug-likeness (QED) is 0.911. The third kappa shape index (κ3) is 2.83. The van der Waals surface area contributed by atoms with Crippen molar-refractivity contribution in [2.24, 2.45) is 11.8 Å². The first-order valence-electron chi connectivity index (χ1n) is 8.96. The van der Waals surface area contributed by atoms with Gasteiger partial charge in [0.1, 0.15) is 5.76 Å². The minimum Gasteiger partial charge on any atom is -0.455 e. The second-order valence-corrected chi connectivity index (χ2v) is 7.41. The SMILES string of the molecule is CNC(=O)c1ccc(CN2C[C@@H]3C[C@H](C2)[C@@H]2CCCC(=O)N2C3)o1. The Labute approximate surface area is 142 Å². The van der Waals surface area contributed by atoms with E-state index in [9.17, 15) is 9.59 Å². The second kappa shape index (κ2) is 6.24. The molecule has 3 fully saturated rings. The fourth-order valence-corrected chi connectivity index (χ4v) is 4.77.